The van der Waals surface area contributed by atoms with Gasteiger partial charge in [-0.05, 0) is 50.5 Å². The van der Waals surface area contributed by atoms with Gasteiger partial charge in [0.05, 0.1) is 6.54 Å². The van der Waals surface area contributed by atoms with E-state index in [1.807, 2.05) is 0 Å². The second kappa shape index (κ2) is 4.31. The first-order valence-corrected chi connectivity index (χ1v) is 9.32. The number of thioether (sulfide) groups is 1. The van der Waals surface area contributed by atoms with Crippen LogP contribution in [-0.4, -0.2) is 30.2 Å². The summed E-state index contributed by atoms with van der Waals surface area (Å²) < 4.78 is 0. The molecule has 22 heavy (non-hydrogen) atoms. The Morgan fingerprint density at radius 3 is 2.32 bits per heavy atom. The van der Waals surface area contributed by atoms with Gasteiger partial charge in [0.25, 0.3) is 0 Å². The van der Waals surface area contributed by atoms with Crippen LogP contribution in [0.5, 0.6) is 0 Å². The maximum absolute atomic E-state index is 4.92. The van der Waals surface area contributed by atoms with Crippen molar-refractivity contribution in [1.82, 2.24) is 0 Å². The van der Waals surface area contributed by atoms with E-state index in [0.29, 0.717) is 10.8 Å². The summed E-state index contributed by atoms with van der Waals surface area (Å²) in [7, 11) is 0. The van der Waals surface area contributed by atoms with E-state index in [9.17, 15) is 0 Å². The third-order valence-corrected chi connectivity index (χ3v) is 6.25. The maximum Gasteiger partial charge on any atom is 0.161 e. The molecule has 4 heteroatoms. The van der Waals surface area contributed by atoms with Gasteiger partial charge in [-0.25, -0.2) is 9.98 Å². The van der Waals surface area contributed by atoms with E-state index in [1.165, 1.54) is 42.7 Å². The fraction of sp³-hybridized carbons (Fsp3) is 0.500. The molecule has 1 aromatic carbocycles. The van der Waals surface area contributed by atoms with Gasteiger partial charge in [0.2, 0.25) is 0 Å². The van der Waals surface area contributed by atoms with Gasteiger partial charge in [-0.1, -0.05) is 12.1 Å². The molecular formula is C18H19N3S. The Balaban J connectivity index is 1.50. The smallest absolute Gasteiger partial charge is 0.161 e. The minimum Gasteiger partial charge on any atom is -0.269 e. The normalized spacial score (nSPS) is 27.8. The van der Waals surface area contributed by atoms with Crippen molar-refractivity contribution in [2.24, 2.45) is 25.8 Å². The monoisotopic (exact) mass is 309 g/mol. The number of hydrogen-bond donors (Lipinski definition) is 0. The lowest BCUT2D eigenvalue weighted by molar-refractivity contribution is 0.634. The van der Waals surface area contributed by atoms with E-state index >= 15 is 0 Å². The average molecular weight is 309 g/mol. The lowest BCUT2D eigenvalue weighted by Gasteiger charge is -2.21. The van der Waals surface area contributed by atoms with Gasteiger partial charge in [-0.2, -0.15) is 0 Å². The number of hydrogen-bond acceptors (Lipinski definition) is 3. The van der Waals surface area contributed by atoms with Crippen LogP contribution in [-0.2, 0) is 0 Å². The molecule has 1 aliphatic heterocycles. The summed E-state index contributed by atoms with van der Waals surface area (Å²) in [5.41, 5.74) is 3.33. The van der Waals surface area contributed by atoms with Crippen molar-refractivity contribution < 1.29 is 0 Å². The zero-order valence-electron chi connectivity index (χ0n) is 12.8. The minimum atomic E-state index is 0.339. The second-order valence-corrected chi connectivity index (χ2v) is 7.98. The van der Waals surface area contributed by atoms with Gasteiger partial charge in [0, 0.05) is 27.0 Å². The van der Waals surface area contributed by atoms with Crippen molar-refractivity contribution in [1.29, 1.82) is 0 Å². The molecule has 3 fully saturated rings. The molecule has 0 aromatic heterocycles. The first-order valence-electron chi connectivity index (χ1n) is 8.09. The quantitative estimate of drug-likeness (QED) is 0.462. The molecular weight excluding hydrogens is 290 g/mol. The molecule has 0 saturated heterocycles. The van der Waals surface area contributed by atoms with E-state index in [2.05, 4.69) is 35.5 Å². The fourth-order valence-corrected chi connectivity index (χ4v) is 3.64. The molecule has 0 N–H and O–H groups in total. The SMILES string of the molecule is CSc1ccc(C(=NC2=NCC23CC3)N=C2CC23CC3)cc1. The van der Waals surface area contributed by atoms with Crippen LogP contribution in [0.1, 0.15) is 37.7 Å². The van der Waals surface area contributed by atoms with Gasteiger partial charge in [-0.3, -0.25) is 4.99 Å². The molecule has 0 amide bonds. The largest absolute Gasteiger partial charge is 0.269 e. The van der Waals surface area contributed by atoms with Gasteiger partial charge in [0.1, 0.15) is 5.84 Å². The fourth-order valence-electron chi connectivity index (χ4n) is 3.23. The predicted molar refractivity (Wildman–Crippen MR) is 92.4 cm³/mol. The predicted octanol–water partition coefficient (Wildman–Crippen LogP) is 3.97. The lowest BCUT2D eigenvalue weighted by Crippen LogP contribution is -2.28. The zero-order valence-corrected chi connectivity index (χ0v) is 13.6. The van der Waals surface area contributed by atoms with Crippen LogP contribution >= 0.6 is 11.8 Å². The molecule has 0 radical (unpaired) electrons. The second-order valence-electron chi connectivity index (χ2n) is 7.10. The molecule has 1 heterocycles. The molecule has 0 unspecified atom stereocenters. The summed E-state index contributed by atoms with van der Waals surface area (Å²) in [6, 6.07) is 8.61. The van der Waals surface area contributed by atoms with Crippen molar-refractivity contribution in [2.45, 2.75) is 37.0 Å². The van der Waals surface area contributed by atoms with E-state index in [1.54, 1.807) is 11.8 Å². The van der Waals surface area contributed by atoms with Crippen molar-refractivity contribution >= 4 is 29.1 Å². The molecule has 2 spiro atoms. The molecule has 0 atom stereocenters. The van der Waals surface area contributed by atoms with Crippen LogP contribution in [0.25, 0.3) is 0 Å². The zero-order chi connectivity index (χ0) is 14.8. The van der Waals surface area contributed by atoms with E-state index in [-0.39, 0.29) is 0 Å². The van der Waals surface area contributed by atoms with Crippen molar-refractivity contribution in [3.05, 3.63) is 29.8 Å². The lowest BCUT2D eigenvalue weighted by atomic mass is 10.0. The summed E-state index contributed by atoms with van der Waals surface area (Å²) in [6.07, 6.45) is 8.46. The van der Waals surface area contributed by atoms with Gasteiger partial charge >= 0.3 is 0 Å². The Kier molecular flexibility index (Phi) is 2.56. The summed E-state index contributed by atoms with van der Waals surface area (Å²) in [5.74, 6) is 1.93. The van der Waals surface area contributed by atoms with Crippen LogP contribution in [0.4, 0.5) is 0 Å². The molecule has 5 rings (SSSR count). The Bertz CT molecular complexity index is 734. The van der Waals surface area contributed by atoms with E-state index < -0.39 is 0 Å². The molecule has 3 saturated carbocycles. The Labute approximate surface area is 135 Å². The minimum absolute atomic E-state index is 0.339. The Hall–Kier alpha value is -1.42. The Morgan fingerprint density at radius 1 is 1.09 bits per heavy atom. The van der Waals surface area contributed by atoms with E-state index in [0.717, 1.165) is 23.8 Å². The number of nitrogens with zero attached hydrogens (tertiary/aromatic N) is 3. The molecule has 4 aliphatic rings. The highest BCUT2D eigenvalue weighted by Gasteiger charge is 2.60. The van der Waals surface area contributed by atoms with Crippen molar-refractivity contribution in [3.8, 4) is 0 Å². The standard InChI is InChI=1S/C18H19N3S/c1-22-13-4-2-12(3-5-13)15(20-14-10-17(14)6-7-17)21-16-18(8-9-18)11-19-16/h2-5H,6-11H2,1H3. The number of amidine groups is 2. The third-order valence-electron chi connectivity index (χ3n) is 5.51. The highest BCUT2D eigenvalue weighted by atomic mass is 32.2. The van der Waals surface area contributed by atoms with Crippen molar-refractivity contribution in [3.63, 3.8) is 0 Å². The highest BCUT2D eigenvalue weighted by molar-refractivity contribution is 7.98. The molecule has 1 aromatic rings. The first kappa shape index (κ1) is 13.1. The van der Waals surface area contributed by atoms with Crippen LogP contribution in [0.3, 0.4) is 0 Å². The first-order chi connectivity index (χ1) is 10.7. The highest BCUT2D eigenvalue weighted by Crippen LogP contribution is 2.63. The summed E-state index contributed by atoms with van der Waals surface area (Å²) >= 11 is 1.77. The molecule has 0 bridgehead atoms. The van der Waals surface area contributed by atoms with Crippen LogP contribution in [0, 0.1) is 10.8 Å². The Morgan fingerprint density at radius 2 is 1.82 bits per heavy atom. The topological polar surface area (TPSA) is 37.1 Å². The summed E-state index contributed by atoms with van der Waals surface area (Å²) in [6.45, 7) is 0.977. The number of rotatable bonds is 2. The molecule has 112 valence electrons. The van der Waals surface area contributed by atoms with Crippen LogP contribution in [0.2, 0.25) is 0 Å². The summed E-state index contributed by atoms with van der Waals surface area (Å²) in [5, 5.41) is 0. The van der Waals surface area contributed by atoms with Gasteiger partial charge in [-0.15, -0.1) is 11.8 Å². The van der Waals surface area contributed by atoms with Crippen LogP contribution in [0.15, 0.2) is 44.1 Å². The molecule has 3 nitrogen and oxygen atoms in total. The van der Waals surface area contributed by atoms with E-state index in [4.69, 9.17) is 9.98 Å². The van der Waals surface area contributed by atoms with Crippen molar-refractivity contribution in [2.75, 3.05) is 12.8 Å². The van der Waals surface area contributed by atoms with Crippen LogP contribution < -0.4 is 0 Å². The number of aliphatic imine (C=N–C) groups is 3. The average Bonchev–Trinajstić information content (AvgIpc) is 3.42. The maximum atomic E-state index is 4.92. The van der Waals surface area contributed by atoms with Gasteiger partial charge < -0.3 is 0 Å². The molecule has 3 aliphatic carbocycles. The summed E-state index contributed by atoms with van der Waals surface area (Å²) in [4.78, 5) is 15.6. The van der Waals surface area contributed by atoms with Gasteiger partial charge in [0.15, 0.2) is 5.84 Å². The third kappa shape index (κ3) is 2.00. The number of benzene rings is 1.